The smallest absolute Gasteiger partial charge is 0.337 e. The summed E-state index contributed by atoms with van der Waals surface area (Å²) in [4.78, 5) is 16.1. The van der Waals surface area contributed by atoms with Gasteiger partial charge in [-0.1, -0.05) is 13.0 Å². The maximum atomic E-state index is 11.5. The summed E-state index contributed by atoms with van der Waals surface area (Å²) in [5.41, 5.74) is 1.21. The highest BCUT2D eigenvalue weighted by atomic mass is 16.4. The molecule has 0 aliphatic rings. The van der Waals surface area contributed by atoms with Gasteiger partial charge >= 0.3 is 5.97 Å². The number of hydrogen-bond donors (Lipinski definition) is 2. The van der Waals surface area contributed by atoms with E-state index >= 15 is 0 Å². The number of fused-ring (bicyclic) bond motifs is 1. The van der Waals surface area contributed by atoms with Gasteiger partial charge in [0.1, 0.15) is 5.82 Å². The summed E-state index contributed by atoms with van der Waals surface area (Å²) in [5, 5.41) is 18.8. The molecule has 0 spiro atoms. The van der Waals surface area contributed by atoms with Crippen LogP contribution in [0.4, 0.5) is 0 Å². The van der Waals surface area contributed by atoms with Crippen LogP contribution in [0, 0.1) is 0 Å². The van der Waals surface area contributed by atoms with E-state index in [1.807, 2.05) is 24.5 Å². The van der Waals surface area contributed by atoms with Gasteiger partial charge in [-0.2, -0.15) is 0 Å². The van der Waals surface area contributed by atoms with Crippen LogP contribution in [0.5, 0.6) is 0 Å². The number of imidazole rings is 1. The SMILES string of the molecule is CCCc1nc2cccc(C(=O)O)c2n1C(C)(C)CCO. The second-order valence-corrected chi connectivity index (χ2v) is 5.88. The summed E-state index contributed by atoms with van der Waals surface area (Å²) in [6.07, 6.45) is 2.26. The number of benzene rings is 1. The number of carboxylic acids is 1. The first-order chi connectivity index (χ1) is 9.92. The first kappa shape index (κ1) is 15.5. The molecule has 1 aromatic carbocycles. The van der Waals surface area contributed by atoms with Gasteiger partial charge in [-0.25, -0.2) is 9.78 Å². The fourth-order valence-corrected chi connectivity index (χ4v) is 2.78. The fourth-order valence-electron chi connectivity index (χ4n) is 2.78. The summed E-state index contributed by atoms with van der Waals surface area (Å²) in [6.45, 7) is 6.12. The lowest BCUT2D eigenvalue weighted by molar-refractivity contribution is 0.0698. The topological polar surface area (TPSA) is 75.3 Å². The van der Waals surface area contributed by atoms with E-state index in [9.17, 15) is 15.0 Å². The van der Waals surface area contributed by atoms with Crippen LogP contribution in [0.15, 0.2) is 18.2 Å². The third-order valence-electron chi connectivity index (χ3n) is 3.78. The van der Waals surface area contributed by atoms with Crippen molar-refractivity contribution in [3.05, 3.63) is 29.6 Å². The van der Waals surface area contributed by atoms with E-state index in [1.54, 1.807) is 12.1 Å². The van der Waals surface area contributed by atoms with Gasteiger partial charge in [0.2, 0.25) is 0 Å². The molecular weight excluding hydrogens is 268 g/mol. The van der Waals surface area contributed by atoms with E-state index in [0.717, 1.165) is 18.7 Å². The molecule has 21 heavy (non-hydrogen) atoms. The first-order valence-electron chi connectivity index (χ1n) is 7.27. The number of para-hydroxylation sites is 1. The van der Waals surface area contributed by atoms with Gasteiger partial charge in [0.25, 0.3) is 0 Å². The maximum Gasteiger partial charge on any atom is 0.337 e. The molecule has 2 rings (SSSR count). The second-order valence-electron chi connectivity index (χ2n) is 5.88. The van der Waals surface area contributed by atoms with Crippen molar-refractivity contribution in [2.24, 2.45) is 0 Å². The molecule has 5 nitrogen and oxygen atoms in total. The minimum Gasteiger partial charge on any atom is -0.478 e. The third-order valence-corrected chi connectivity index (χ3v) is 3.78. The van der Waals surface area contributed by atoms with Gasteiger partial charge in [-0.3, -0.25) is 0 Å². The molecular formula is C16H22N2O3. The lowest BCUT2D eigenvalue weighted by atomic mass is 9.99. The minimum absolute atomic E-state index is 0.0491. The standard InChI is InChI=1S/C16H22N2O3/c1-4-6-13-17-12-8-5-7-11(15(20)21)14(12)18(13)16(2,3)9-10-19/h5,7-8,19H,4,6,9-10H2,1-3H3,(H,20,21). The molecule has 0 amide bonds. The highest BCUT2D eigenvalue weighted by molar-refractivity contribution is 6.01. The lowest BCUT2D eigenvalue weighted by Gasteiger charge is -2.29. The van der Waals surface area contributed by atoms with Gasteiger partial charge < -0.3 is 14.8 Å². The first-order valence-corrected chi connectivity index (χ1v) is 7.27. The molecule has 0 atom stereocenters. The Morgan fingerprint density at radius 1 is 1.38 bits per heavy atom. The van der Waals surface area contributed by atoms with Gasteiger partial charge in [0.05, 0.1) is 16.6 Å². The van der Waals surface area contributed by atoms with Crippen LogP contribution >= 0.6 is 0 Å². The number of aliphatic hydroxyl groups is 1. The van der Waals surface area contributed by atoms with Crippen LogP contribution < -0.4 is 0 Å². The van der Waals surface area contributed by atoms with Crippen molar-refractivity contribution in [2.75, 3.05) is 6.61 Å². The zero-order valence-electron chi connectivity index (χ0n) is 12.8. The molecule has 0 aliphatic carbocycles. The zero-order valence-corrected chi connectivity index (χ0v) is 12.8. The zero-order chi connectivity index (χ0) is 15.6. The predicted octanol–water partition coefficient (Wildman–Crippen LogP) is 2.80. The summed E-state index contributed by atoms with van der Waals surface area (Å²) in [5.74, 6) is -0.0794. The van der Waals surface area contributed by atoms with Crippen molar-refractivity contribution >= 4 is 17.0 Å². The molecule has 0 aliphatic heterocycles. The van der Waals surface area contributed by atoms with Crippen LogP contribution in [-0.2, 0) is 12.0 Å². The molecule has 0 unspecified atom stereocenters. The maximum absolute atomic E-state index is 11.5. The molecule has 1 aromatic heterocycles. The number of nitrogens with zero attached hydrogens (tertiary/aromatic N) is 2. The normalized spacial score (nSPS) is 12.0. The average Bonchev–Trinajstić information content (AvgIpc) is 2.77. The quantitative estimate of drug-likeness (QED) is 0.857. The molecule has 0 fully saturated rings. The summed E-state index contributed by atoms with van der Waals surface area (Å²) >= 11 is 0. The molecule has 2 aromatic rings. The van der Waals surface area contributed by atoms with Gasteiger partial charge in [0.15, 0.2) is 0 Å². The molecule has 1 heterocycles. The number of aromatic carboxylic acids is 1. The van der Waals surface area contributed by atoms with Crippen molar-refractivity contribution in [3.8, 4) is 0 Å². The summed E-state index contributed by atoms with van der Waals surface area (Å²) in [7, 11) is 0. The number of aryl methyl sites for hydroxylation is 1. The van der Waals surface area contributed by atoms with Crippen molar-refractivity contribution < 1.29 is 15.0 Å². The molecule has 114 valence electrons. The summed E-state index contributed by atoms with van der Waals surface area (Å²) in [6, 6.07) is 5.16. The Kier molecular flexibility index (Phi) is 4.32. The largest absolute Gasteiger partial charge is 0.478 e. The van der Waals surface area contributed by atoms with Crippen LogP contribution in [0.3, 0.4) is 0 Å². The van der Waals surface area contributed by atoms with E-state index in [2.05, 4.69) is 11.9 Å². The van der Waals surface area contributed by atoms with Gasteiger partial charge in [0, 0.05) is 18.6 Å². The predicted molar refractivity (Wildman–Crippen MR) is 81.7 cm³/mol. The van der Waals surface area contributed by atoms with E-state index < -0.39 is 5.97 Å². The molecule has 5 heteroatoms. The summed E-state index contributed by atoms with van der Waals surface area (Å²) < 4.78 is 1.99. The molecule has 0 bridgehead atoms. The fraction of sp³-hybridized carbons (Fsp3) is 0.500. The lowest BCUT2D eigenvalue weighted by Crippen LogP contribution is -2.30. The molecule has 0 radical (unpaired) electrons. The van der Waals surface area contributed by atoms with Crippen LogP contribution in [0.2, 0.25) is 0 Å². The number of carboxylic acid groups (broad SMARTS) is 1. The van der Waals surface area contributed by atoms with Crippen molar-refractivity contribution in [3.63, 3.8) is 0 Å². The Morgan fingerprint density at radius 2 is 2.10 bits per heavy atom. The Labute approximate surface area is 124 Å². The number of aromatic nitrogens is 2. The van der Waals surface area contributed by atoms with E-state index in [0.29, 0.717) is 17.5 Å². The van der Waals surface area contributed by atoms with Gasteiger partial charge in [-0.05, 0) is 38.8 Å². The number of aliphatic hydroxyl groups excluding tert-OH is 1. The number of rotatable bonds is 6. The number of carbonyl (C=O) groups is 1. The van der Waals surface area contributed by atoms with Crippen molar-refractivity contribution in [2.45, 2.75) is 45.6 Å². The Bertz CT molecular complexity index is 659. The second kappa shape index (κ2) is 5.85. The Morgan fingerprint density at radius 3 is 2.67 bits per heavy atom. The average molecular weight is 290 g/mol. The van der Waals surface area contributed by atoms with E-state index in [-0.39, 0.29) is 17.7 Å². The van der Waals surface area contributed by atoms with Crippen LogP contribution in [0.25, 0.3) is 11.0 Å². The molecule has 2 N–H and O–H groups in total. The minimum atomic E-state index is -0.954. The Balaban J connectivity index is 2.80. The molecule has 0 saturated carbocycles. The van der Waals surface area contributed by atoms with E-state index in [1.165, 1.54) is 0 Å². The Hall–Kier alpha value is -1.88. The van der Waals surface area contributed by atoms with Crippen LogP contribution in [-0.4, -0.2) is 32.3 Å². The highest BCUT2D eigenvalue weighted by Gasteiger charge is 2.27. The number of hydrogen-bond acceptors (Lipinski definition) is 3. The van der Waals surface area contributed by atoms with E-state index in [4.69, 9.17) is 0 Å². The van der Waals surface area contributed by atoms with Crippen molar-refractivity contribution in [1.29, 1.82) is 0 Å². The van der Waals surface area contributed by atoms with Crippen LogP contribution in [0.1, 0.15) is 49.8 Å². The van der Waals surface area contributed by atoms with Gasteiger partial charge in [-0.15, -0.1) is 0 Å². The molecule has 0 saturated heterocycles. The third kappa shape index (κ3) is 2.78. The highest BCUT2D eigenvalue weighted by Crippen LogP contribution is 2.30. The monoisotopic (exact) mass is 290 g/mol. The van der Waals surface area contributed by atoms with Crippen molar-refractivity contribution in [1.82, 2.24) is 9.55 Å².